The predicted octanol–water partition coefficient (Wildman–Crippen LogP) is 2.88. The van der Waals surface area contributed by atoms with Crippen molar-refractivity contribution < 1.29 is 4.21 Å². The normalized spacial score (nSPS) is 13.6. The van der Waals surface area contributed by atoms with Gasteiger partial charge in [-0.2, -0.15) is 0 Å². The first kappa shape index (κ1) is 16.6. The zero-order valence-electron chi connectivity index (χ0n) is 13.0. The van der Waals surface area contributed by atoms with Crippen molar-refractivity contribution in [3.05, 3.63) is 57.5 Å². The molecule has 2 atom stereocenters. The molecule has 0 fully saturated rings. The summed E-state index contributed by atoms with van der Waals surface area (Å²) in [5.41, 5.74) is 0.918. The molecule has 0 unspecified atom stereocenters. The number of H-pyrrole nitrogens is 1. The van der Waals surface area contributed by atoms with Crippen molar-refractivity contribution in [3.8, 4) is 0 Å². The van der Waals surface area contributed by atoms with Crippen LogP contribution in [0.25, 0.3) is 10.9 Å². The maximum Gasteiger partial charge on any atom is 0.253 e. The van der Waals surface area contributed by atoms with Crippen LogP contribution in [0.1, 0.15) is 18.5 Å². The van der Waals surface area contributed by atoms with Gasteiger partial charge in [0.1, 0.15) is 5.03 Å². The van der Waals surface area contributed by atoms with Crippen LogP contribution in [0.4, 0.5) is 5.95 Å². The highest BCUT2D eigenvalue weighted by Gasteiger charge is 2.14. The van der Waals surface area contributed by atoms with E-state index in [4.69, 9.17) is 11.6 Å². The smallest absolute Gasteiger partial charge is 0.253 e. The lowest BCUT2D eigenvalue weighted by Gasteiger charge is -2.14. The van der Waals surface area contributed by atoms with Crippen LogP contribution in [0.5, 0.6) is 0 Å². The molecule has 0 spiro atoms. The first-order valence-electron chi connectivity index (χ1n) is 7.20. The van der Waals surface area contributed by atoms with Crippen LogP contribution in [0.2, 0.25) is 5.02 Å². The summed E-state index contributed by atoms with van der Waals surface area (Å²) >= 11 is 6.10. The maximum absolute atomic E-state index is 12.3. The third kappa shape index (κ3) is 3.32. The Morgan fingerprint density at radius 3 is 2.88 bits per heavy atom. The number of rotatable bonds is 4. The molecule has 3 rings (SSSR count). The number of nitrogens with zero attached hydrogens (tertiary/aromatic N) is 2. The van der Waals surface area contributed by atoms with E-state index < -0.39 is 10.8 Å². The van der Waals surface area contributed by atoms with Gasteiger partial charge in [0.25, 0.3) is 5.56 Å². The molecule has 2 aromatic heterocycles. The minimum atomic E-state index is -1.20. The summed E-state index contributed by atoms with van der Waals surface area (Å²) in [4.78, 5) is 23.4. The van der Waals surface area contributed by atoms with Crippen LogP contribution in [0, 0.1) is 0 Å². The van der Waals surface area contributed by atoms with Gasteiger partial charge in [0, 0.05) is 23.4 Å². The highest BCUT2D eigenvalue weighted by molar-refractivity contribution is 7.84. The molecule has 0 bridgehead atoms. The van der Waals surface area contributed by atoms with E-state index in [0.717, 1.165) is 5.39 Å². The second-order valence-electron chi connectivity index (χ2n) is 5.30. The summed E-state index contributed by atoms with van der Waals surface area (Å²) in [7, 11) is -1.20. The van der Waals surface area contributed by atoms with Crippen LogP contribution < -0.4 is 10.9 Å². The van der Waals surface area contributed by atoms with Gasteiger partial charge in [0.05, 0.1) is 27.4 Å². The Kier molecular flexibility index (Phi) is 4.64. The lowest BCUT2D eigenvalue weighted by Crippen LogP contribution is -2.20. The van der Waals surface area contributed by atoms with Gasteiger partial charge in [-0.25, -0.2) is 9.97 Å². The van der Waals surface area contributed by atoms with Crippen molar-refractivity contribution in [2.24, 2.45) is 0 Å². The third-order valence-electron chi connectivity index (χ3n) is 3.59. The van der Waals surface area contributed by atoms with E-state index >= 15 is 0 Å². The number of aromatic nitrogens is 3. The number of fused-ring (bicyclic) bond motifs is 1. The van der Waals surface area contributed by atoms with Crippen LogP contribution in [0.15, 0.2) is 46.3 Å². The Morgan fingerprint density at radius 1 is 1.33 bits per heavy atom. The van der Waals surface area contributed by atoms with Gasteiger partial charge in [-0.05, 0) is 25.1 Å². The standard InChI is InChI=1S/C16H15ClN4O2S/c1-9(19-16-18-7-6-13(20-16)24(2)23)11-8-10-4-3-5-12(17)14(10)21-15(11)22/h3-9H,1-2H3,(H,21,22)(H,18,19,20)/t9-,24-/m0/s1. The van der Waals surface area contributed by atoms with E-state index in [9.17, 15) is 9.00 Å². The Hall–Kier alpha value is -2.25. The van der Waals surface area contributed by atoms with Gasteiger partial charge in [-0.3, -0.25) is 9.00 Å². The fraction of sp³-hybridized carbons (Fsp3) is 0.188. The van der Waals surface area contributed by atoms with Gasteiger partial charge in [-0.1, -0.05) is 23.7 Å². The van der Waals surface area contributed by atoms with Crippen molar-refractivity contribution in [1.29, 1.82) is 0 Å². The fourth-order valence-corrected chi connectivity index (χ4v) is 3.07. The van der Waals surface area contributed by atoms with E-state index in [0.29, 0.717) is 27.1 Å². The van der Waals surface area contributed by atoms with Crippen molar-refractivity contribution in [2.45, 2.75) is 18.0 Å². The quantitative estimate of drug-likeness (QED) is 0.697. The lowest BCUT2D eigenvalue weighted by molar-refractivity contribution is 0.683. The van der Waals surface area contributed by atoms with E-state index in [2.05, 4.69) is 20.3 Å². The first-order chi connectivity index (χ1) is 11.5. The molecule has 24 heavy (non-hydrogen) atoms. The number of pyridine rings is 1. The molecule has 0 aliphatic heterocycles. The fourth-order valence-electron chi connectivity index (χ4n) is 2.38. The minimum Gasteiger partial charge on any atom is -0.347 e. The second-order valence-corrected chi connectivity index (χ2v) is 7.03. The molecule has 0 aliphatic carbocycles. The molecule has 0 saturated carbocycles. The molecular formula is C16H15ClN4O2S. The highest BCUT2D eigenvalue weighted by atomic mass is 35.5. The number of hydrogen-bond acceptors (Lipinski definition) is 5. The zero-order valence-corrected chi connectivity index (χ0v) is 14.6. The summed E-state index contributed by atoms with van der Waals surface area (Å²) < 4.78 is 11.5. The topological polar surface area (TPSA) is 87.7 Å². The van der Waals surface area contributed by atoms with Gasteiger partial charge in [-0.15, -0.1) is 0 Å². The van der Waals surface area contributed by atoms with Crippen molar-refractivity contribution in [1.82, 2.24) is 15.0 Å². The molecule has 0 saturated heterocycles. The Bertz CT molecular complexity index is 989. The van der Waals surface area contributed by atoms with E-state index in [1.54, 1.807) is 24.5 Å². The largest absolute Gasteiger partial charge is 0.347 e. The first-order valence-corrected chi connectivity index (χ1v) is 9.14. The van der Waals surface area contributed by atoms with E-state index in [-0.39, 0.29) is 11.6 Å². The zero-order chi connectivity index (χ0) is 17.3. The molecule has 2 N–H and O–H groups in total. The molecule has 3 aromatic rings. The average molecular weight is 363 g/mol. The summed E-state index contributed by atoms with van der Waals surface area (Å²) in [5, 5.41) is 4.83. The Balaban J connectivity index is 1.95. The second kappa shape index (κ2) is 6.70. The maximum atomic E-state index is 12.3. The summed E-state index contributed by atoms with van der Waals surface area (Å²) in [6.07, 6.45) is 3.08. The number of halogens is 1. The summed E-state index contributed by atoms with van der Waals surface area (Å²) in [6.45, 7) is 1.83. The van der Waals surface area contributed by atoms with Gasteiger partial charge >= 0.3 is 0 Å². The number of para-hydroxylation sites is 1. The number of aromatic amines is 1. The van der Waals surface area contributed by atoms with E-state index in [1.165, 1.54) is 6.20 Å². The monoisotopic (exact) mass is 362 g/mol. The molecule has 1 aromatic carbocycles. The van der Waals surface area contributed by atoms with Crippen molar-refractivity contribution in [3.63, 3.8) is 0 Å². The van der Waals surface area contributed by atoms with Crippen molar-refractivity contribution in [2.75, 3.05) is 11.6 Å². The third-order valence-corrected chi connectivity index (χ3v) is 4.73. The SMILES string of the molecule is C[C@H](Nc1nccc([S@](C)=O)n1)c1cc2cccc(Cl)c2[nH]c1=O. The minimum absolute atomic E-state index is 0.231. The Morgan fingerprint density at radius 2 is 2.12 bits per heavy atom. The molecule has 0 amide bonds. The number of nitrogens with one attached hydrogen (secondary N) is 2. The molecular weight excluding hydrogens is 348 g/mol. The van der Waals surface area contributed by atoms with Gasteiger partial charge in [0.15, 0.2) is 0 Å². The molecule has 124 valence electrons. The van der Waals surface area contributed by atoms with Gasteiger partial charge in [0.2, 0.25) is 5.95 Å². The number of anilines is 1. The van der Waals surface area contributed by atoms with Gasteiger partial charge < -0.3 is 10.3 Å². The molecule has 0 aliphatic rings. The summed E-state index contributed by atoms with van der Waals surface area (Å²) in [5.74, 6) is 0.320. The van der Waals surface area contributed by atoms with Crippen LogP contribution in [-0.4, -0.2) is 25.4 Å². The van der Waals surface area contributed by atoms with Crippen LogP contribution in [0.3, 0.4) is 0 Å². The number of benzene rings is 1. The molecule has 2 heterocycles. The highest BCUT2D eigenvalue weighted by Crippen LogP contribution is 2.23. The lowest BCUT2D eigenvalue weighted by atomic mass is 10.1. The molecule has 6 nitrogen and oxygen atoms in total. The average Bonchev–Trinajstić information content (AvgIpc) is 2.55. The molecule has 8 heteroatoms. The molecule has 0 radical (unpaired) electrons. The number of hydrogen-bond donors (Lipinski definition) is 2. The summed E-state index contributed by atoms with van der Waals surface area (Å²) in [6, 6.07) is 8.48. The Labute approximate surface area is 145 Å². The van der Waals surface area contributed by atoms with E-state index in [1.807, 2.05) is 19.1 Å². The van der Waals surface area contributed by atoms with Crippen molar-refractivity contribution >= 4 is 39.3 Å². The predicted molar refractivity (Wildman–Crippen MR) is 96.0 cm³/mol. The van der Waals surface area contributed by atoms with Crippen LogP contribution in [-0.2, 0) is 10.8 Å². The van der Waals surface area contributed by atoms with Crippen LogP contribution >= 0.6 is 11.6 Å².